The number of thiophene rings is 1. The van der Waals surface area contributed by atoms with E-state index in [0.717, 1.165) is 29.1 Å². The van der Waals surface area contributed by atoms with Gasteiger partial charge in [-0.1, -0.05) is 18.5 Å². The highest BCUT2D eigenvalue weighted by Crippen LogP contribution is 2.33. The van der Waals surface area contributed by atoms with Gasteiger partial charge in [0.2, 0.25) is 0 Å². The van der Waals surface area contributed by atoms with E-state index in [1.54, 1.807) is 11.3 Å². The lowest BCUT2D eigenvalue weighted by Gasteiger charge is -2.15. The van der Waals surface area contributed by atoms with Crippen molar-refractivity contribution in [1.29, 1.82) is 0 Å². The predicted octanol–water partition coefficient (Wildman–Crippen LogP) is 3.51. The van der Waals surface area contributed by atoms with Gasteiger partial charge in [0, 0.05) is 30.1 Å². The average Bonchev–Trinajstić information content (AvgIpc) is 2.92. The SMILES string of the molecule is CCc1cc(CC(NC)c2scc(C)c2Cl)n(C)n1. The molecule has 0 aliphatic carbocycles. The summed E-state index contributed by atoms with van der Waals surface area (Å²) in [7, 11) is 3.98. The number of nitrogens with zero attached hydrogens (tertiary/aromatic N) is 2. The van der Waals surface area contributed by atoms with Crippen molar-refractivity contribution in [2.45, 2.75) is 32.7 Å². The van der Waals surface area contributed by atoms with Crippen molar-refractivity contribution in [1.82, 2.24) is 15.1 Å². The zero-order valence-corrected chi connectivity index (χ0v) is 13.4. The van der Waals surface area contributed by atoms with Crippen molar-refractivity contribution in [2.75, 3.05) is 7.05 Å². The molecule has 0 aliphatic rings. The summed E-state index contributed by atoms with van der Waals surface area (Å²) in [5, 5.41) is 10.9. The Morgan fingerprint density at radius 2 is 2.26 bits per heavy atom. The smallest absolute Gasteiger partial charge is 0.0624 e. The van der Waals surface area contributed by atoms with Crippen LogP contribution in [0, 0.1) is 6.92 Å². The first-order valence-electron chi connectivity index (χ1n) is 6.49. The van der Waals surface area contributed by atoms with E-state index in [4.69, 9.17) is 11.6 Å². The van der Waals surface area contributed by atoms with Gasteiger partial charge in [-0.05, 0) is 37.4 Å². The number of nitrogens with one attached hydrogen (secondary N) is 1. The molecule has 2 heterocycles. The van der Waals surface area contributed by atoms with Gasteiger partial charge in [0.1, 0.15) is 0 Å². The average molecular weight is 298 g/mol. The molecule has 104 valence electrons. The van der Waals surface area contributed by atoms with E-state index in [0.29, 0.717) is 0 Å². The Balaban J connectivity index is 2.23. The minimum Gasteiger partial charge on any atom is -0.312 e. The molecule has 1 unspecified atom stereocenters. The Labute approximate surface area is 123 Å². The van der Waals surface area contributed by atoms with Crippen LogP contribution in [0.2, 0.25) is 5.02 Å². The molecule has 3 nitrogen and oxygen atoms in total. The third-order valence-corrected chi connectivity index (χ3v) is 5.22. The van der Waals surface area contributed by atoms with E-state index in [1.165, 1.54) is 10.6 Å². The summed E-state index contributed by atoms with van der Waals surface area (Å²) in [6, 6.07) is 2.42. The highest BCUT2D eigenvalue weighted by Gasteiger charge is 2.18. The van der Waals surface area contributed by atoms with Crippen molar-refractivity contribution in [2.24, 2.45) is 7.05 Å². The highest BCUT2D eigenvalue weighted by atomic mass is 35.5. The van der Waals surface area contributed by atoms with Crippen molar-refractivity contribution >= 4 is 22.9 Å². The molecule has 0 amide bonds. The second-order valence-corrected chi connectivity index (χ2v) is 6.04. The fraction of sp³-hybridized carbons (Fsp3) is 0.500. The lowest BCUT2D eigenvalue weighted by molar-refractivity contribution is 0.569. The minimum absolute atomic E-state index is 0.242. The van der Waals surface area contributed by atoms with E-state index in [-0.39, 0.29) is 6.04 Å². The largest absolute Gasteiger partial charge is 0.312 e. The molecule has 0 saturated carbocycles. The van der Waals surface area contributed by atoms with Crippen LogP contribution in [0.5, 0.6) is 0 Å². The van der Waals surface area contributed by atoms with Crippen LogP contribution in [0.3, 0.4) is 0 Å². The molecule has 0 spiro atoms. The van der Waals surface area contributed by atoms with Crippen LogP contribution in [0.1, 0.15) is 34.8 Å². The number of hydrogen-bond acceptors (Lipinski definition) is 3. The van der Waals surface area contributed by atoms with Crippen molar-refractivity contribution in [3.63, 3.8) is 0 Å². The predicted molar refractivity (Wildman–Crippen MR) is 82.2 cm³/mol. The van der Waals surface area contributed by atoms with Gasteiger partial charge in [0.15, 0.2) is 0 Å². The van der Waals surface area contributed by atoms with Crippen LogP contribution in [0.4, 0.5) is 0 Å². The molecular weight excluding hydrogens is 278 g/mol. The van der Waals surface area contributed by atoms with Crippen LogP contribution in [0.15, 0.2) is 11.4 Å². The molecule has 5 heteroatoms. The maximum absolute atomic E-state index is 6.37. The van der Waals surface area contributed by atoms with Gasteiger partial charge in [-0.25, -0.2) is 0 Å². The van der Waals surface area contributed by atoms with Gasteiger partial charge in [-0.15, -0.1) is 11.3 Å². The van der Waals surface area contributed by atoms with Gasteiger partial charge in [-0.3, -0.25) is 4.68 Å². The zero-order chi connectivity index (χ0) is 14.0. The molecule has 0 fully saturated rings. The van der Waals surface area contributed by atoms with E-state index in [9.17, 15) is 0 Å². The molecule has 1 N–H and O–H groups in total. The summed E-state index contributed by atoms with van der Waals surface area (Å²) in [5.74, 6) is 0. The van der Waals surface area contributed by atoms with Gasteiger partial charge in [-0.2, -0.15) is 5.10 Å². The summed E-state index contributed by atoms with van der Waals surface area (Å²) in [5.41, 5.74) is 3.53. The second-order valence-electron chi connectivity index (χ2n) is 4.75. The van der Waals surface area contributed by atoms with Gasteiger partial charge < -0.3 is 5.32 Å². The minimum atomic E-state index is 0.242. The number of likely N-dealkylation sites (N-methyl/N-ethyl adjacent to an activating group) is 1. The summed E-state index contributed by atoms with van der Waals surface area (Å²) in [6.45, 7) is 4.18. The number of hydrogen-bond donors (Lipinski definition) is 1. The molecule has 0 aromatic carbocycles. The number of aryl methyl sites for hydroxylation is 3. The summed E-state index contributed by atoms with van der Waals surface area (Å²) < 4.78 is 1.97. The maximum Gasteiger partial charge on any atom is 0.0624 e. The topological polar surface area (TPSA) is 29.9 Å². The van der Waals surface area contributed by atoms with E-state index >= 15 is 0 Å². The third kappa shape index (κ3) is 3.02. The van der Waals surface area contributed by atoms with Crippen molar-refractivity contribution in [3.05, 3.63) is 38.3 Å². The van der Waals surface area contributed by atoms with E-state index in [1.807, 2.05) is 25.7 Å². The second kappa shape index (κ2) is 6.07. The summed E-state index contributed by atoms with van der Waals surface area (Å²) in [4.78, 5) is 1.21. The molecule has 0 saturated heterocycles. The van der Waals surface area contributed by atoms with Gasteiger partial charge in [0.05, 0.1) is 10.7 Å². The van der Waals surface area contributed by atoms with E-state index < -0.39 is 0 Å². The third-order valence-electron chi connectivity index (χ3n) is 3.39. The standard InChI is InChI=1S/C14H20ClN3S/c1-5-10-6-11(18(4)17-10)7-12(16-3)14-13(15)9(2)8-19-14/h6,8,12,16H,5,7H2,1-4H3. The first-order chi connectivity index (χ1) is 9.06. The van der Waals surface area contributed by atoms with Crippen molar-refractivity contribution in [3.8, 4) is 0 Å². The number of rotatable bonds is 5. The Hall–Kier alpha value is -0.840. The van der Waals surface area contributed by atoms with E-state index in [2.05, 4.69) is 28.8 Å². The molecule has 0 radical (unpaired) electrons. The molecule has 2 rings (SSSR count). The van der Waals surface area contributed by atoms with Crippen LogP contribution in [-0.4, -0.2) is 16.8 Å². The molecule has 0 aliphatic heterocycles. The fourth-order valence-corrected chi connectivity index (χ4v) is 3.59. The zero-order valence-electron chi connectivity index (χ0n) is 11.8. The lowest BCUT2D eigenvalue weighted by atomic mass is 10.1. The van der Waals surface area contributed by atoms with Gasteiger partial charge >= 0.3 is 0 Å². The molecule has 2 aromatic rings. The van der Waals surface area contributed by atoms with Crippen LogP contribution in [0.25, 0.3) is 0 Å². The molecule has 19 heavy (non-hydrogen) atoms. The Bertz CT molecular complexity index is 559. The molecule has 1 atom stereocenters. The van der Waals surface area contributed by atoms with Crippen LogP contribution >= 0.6 is 22.9 Å². The number of halogens is 1. The fourth-order valence-electron chi connectivity index (χ4n) is 2.16. The maximum atomic E-state index is 6.37. The highest BCUT2D eigenvalue weighted by molar-refractivity contribution is 7.10. The molecular formula is C14H20ClN3S. The molecule has 0 bridgehead atoms. The summed E-state index contributed by atoms with van der Waals surface area (Å²) >= 11 is 8.09. The van der Waals surface area contributed by atoms with Crippen LogP contribution in [-0.2, 0) is 19.9 Å². The first kappa shape index (κ1) is 14.6. The van der Waals surface area contributed by atoms with Crippen molar-refractivity contribution < 1.29 is 0 Å². The Morgan fingerprint density at radius 3 is 2.74 bits per heavy atom. The molecule has 2 aromatic heterocycles. The normalized spacial score (nSPS) is 12.9. The van der Waals surface area contributed by atoms with Gasteiger partial charge in [0.25, 0.3) is 0 Å². The Morgan fingerprint density at radius 1 is 1.53 bits per heavy atom. The lowest BCUT2D eigenvalue weighted by Crippen LogP contribution is -2.19. The Kier molecular flexibility index (Phi) is 4.66. The first-order valence-corrected chi connectivity index (χ1v) is 7.75. The quantitative estimate of drug-likeness (QED) is 0.915. The van der Waals surface area contributed by atoms with Crippen LogP contribution < -0.4 is 5.32 Å². The summed E-state index contributed by atoms with van der Waals surface area (Å²) in [6.07, 6.45) is 1.87. The number of aromatic nitrogens is 2. The monoisotopic (exact) mass is 297 g/mol.